The Labute approximate surface area is 161 Å². The van der Waals surface area contributed by atoms with E-state index >= 15 is 0 Å². The minimum absolute atomic E-state index is 0.00443. The molecular formula is C16H18Cl2N2O2S2. The van der Waals surface area contributed by atoms with E-state index in [4.69, 9.17) is 35.4 Å². The van der Waals surface area contributed by atoms with Crippen LogP contribution >= 0.6 is 47.2 Å². The first-order valence-corrected chi connectivity index (χ1v) is 9.80. The second-order valence-electron chi connectivity index (χ2n) is 5.39. The molecule has 2 rings (SSSR count). The number of thiocarbonyl (C=S) groups is 1. The number of carbonyl (C=O) groups is 2. The molecule has 0 spiro atoms. The molecule has 24 heavy (non-hydrogen) atoms. The number of halogens is 2. The Morgan fingerprint density at radius 2 is 2.12 bits per heavy atom. The number of rotatable bonds is 8. The van der Waals surface area contributed by atoms with E-state index in [9.17, 15) is 9.59 Å². The van der Waals surface area contributed by atoms with Crippen molar-refractivity contribution in [3.63, 3.8) is 0 Å². The van der Waals surface area contributed by atoms with Gasteiger partial charge in [-0.2, -0.15) is 0 Å². The molecule has 1 saturated heterocycles. The highest BCUT2D eigenvalue weighted by Gasteiger charge is 2.25. The molecule has 2 amide bonds. The summed E-state index contributed by atoms with van der Waals surface area (Å²) < 4.78 is 0.643. The largest absolute Gasteiger partial charge is 0.356 e. The number of hydrogen-bond acceptors (Lipinski definition) is 4. The fourth-order valence-corrected chi connectivity index (χ4v) is 3.93. The molecule has 0 atom stereocenters. The average Bonchev–Trinajstić information content (AvgIpc) is 2.85. The van der Waals surface area contributed by atoms with Gasteiger partial charge < -0.3 is 5.32 Å². The van der Waals surface area contributed by atoms with Crippen LogP contribution in [-0.2, 0) is 16.0 Å². The van der Waals surface area contributed by atoms with Crippen molar-refractivity contribution >= 4 is 63.3 Å². The van der Waals surface area contributed by atoms with Crippen molar-refractivity contribution in [1.82, 2.24) is 10.2 Å². The highest BCUT2D eigenvalue weighted by atomic mass is 35.5. The van der Waals surface area contributed by atoms with Gasteiger partial charge in [0, 0.05) is 29.6 Å². The lowest BCUT2D eigenvalue weighted by Crippen LogP contribution is -2.30. The van der Waals surface area contributed by atoms with Crippen molar-refractivity contribution in [2.75, 3.05) is 18.8 Å². The molecule has 1 aromatic rings. The van der Waals surface area contributed by atoms with Gasteiger partial charge in [0.25, 0.3) is 0 Å². The maximum atomic E-state index is 11.8. The topological polar surface area (TPSA) is 49.4 Å². The number of hydrogen-bond donors (Lipinski definition) is 1. The maximum absolute atomic E-state index is 11.8. The first kappa shape index (κ1) is 19.5. The van der Waals surface area contributed by atoms with Crippen molar-refractivity contribution in [1.29, 1.82) is 0 Å². The predicted molar refractivity (Wildman–Crippen MR) is 104 cm³/mol. The first-order valence-electron chi connectivity index (χ1n) is 7.65. The van der Waals surface area contributed by atoms with Crippen molar-refractivity contribution in [2.24, 2.45) is 0 Å². The highest BCUT2D eigenvalue weighted by Crippen LogP contribution is 2.21. The fourth-order valence-electron chi connectivity index (χ4n) is 2.30. The van der Waals surface area contributed by atoms with Gasteiger partial charge in [0.15, 0.2) is 0 Å². The van der Waals surface area contributed by atoms with E-state index in [1.54, 1.807) is 17.0 Å². The molecule has 0 radical (unpaired) electrons. The molecule has 1 heterocycles. The molecule has 0 unspecified atom stereocenters. The van der Waals surface area contributed by atoms with Crippen LogP contribution in [0.4, 0.5) is 0 Å². The van der Waals surface area contributed by atoms with Crippen LogP contribution in [0, 0.1) is 0 Å². The maximum Gasteiger partial charge on any atom is 0.238 e. The minimum Gasteiger partial charge on any atom is -0.356 e. The van der Waals surface area contributed by atoms with E-state index < -0.39 is 0 Å². The van der Waals surface area contributed by atoms with Crippen molar-refractivity contribution in [2.45, 2.75) is 25.7 Å². The van der Waals surface area contributed by atoms with E-state index in [1.165, 1.54) is 11.8 Å². The molecule has 1 aromatic carbocycles. The molecule has 1 aliphatic heterocycles. The van der Waals surface area contributed by atoms with Gasteiger partial charge in [-0.15, -0.1) is 0 Å². The van der Waals surface area contributed by atoms with E-state index in [2.05, 4.69) is 5.32 Å². The SMILES string of the molecule is O=C(CCCCN1C(=O)CSC1=S)NCCc1ccc(Cl)cc1Cl. The zero-order chi connectivity index (χ0) is 17.5. The Morgan fingerprint density at radius 1 is 1.33 bits per heavy atom. The first-order chi connectivity index (χ1) is 11.5. The molecule has 1 N–H and O–H groups in total. The zero-order valence-corrected chi connectivity index (χ0v) is 16.2. The fraction of sp³-hybridized carbons (Fsp3) is 0.438. The van der Waals surface area contributed by atoms with Crippen LogP contribution in [0.3, 0.4) is 0 Å². The summed E-state index contributed by atoms with van der Waals surface area (Å²) in [5.41, 5.74) is 0.958. The molecule has 0 saturated carbocycles. The number of carbonyl (C=O) groups excluding carboxylic acids is 2. The van der Waals surface area contributed by atoms with Crippen LogP contribution in [0.2, 0.25) is 10.0 Å². The second-order valence-corrected chi connectivity index (χ2v) is 7.85. The van der Waals surface area contributed by atoms with Crippen LogP contribution in [0.1, 0.15) is 24.8 Å². The number of unbranched alkanes of at least 4 members (excludes halogenated alkanes) is 1. The van der Waals surface area contributed by atoms with Gasteiger partial charge in [0.05, 0.1) is 5.75 Å². The van der Waals surface area contributed by atoms with Gasteiger partial charge in [0.2, 0.25) is 11.8 Å². The smallest absolute Gasteiger partial charge is 0.238 e. The third kappa shape index (κ3) is 5.92. The summed E-state index contributed by atoms with van der Waals surface area (Å²) in [7, 11) is 0. The van der Waals surface area contributed by atoms with Crippen LogP contribution in [0.15, 0.2) is 18.2 Å². The van der Waals surface area contributed by atoms with E-state index in [0.717, 1.165) is 18.4 Å². The molecule has 0 aromatic heterocycles. The number of amides is 2. The van der Waals surface area contributed by atoms with E-state index in [-0.39, 0.29) is 11.8 Å². The Balaban J connectivity index is 1.60. The predicted octanol–water partition coefficient (Wildman–Crippen LogP) is 3.68. The summed E-state index contributed by atoms with van der Waals surface area (Å²) >= 11 is 18.4. The van der Waals surface area contributed by atoms with Gasteiger partial charge >= 0.3 is 0 Å². The molecular weight excluding hydrogens is 387 g/mol. The molecule has 8 heteroatoms. The summed E-state index contributed by atoms with van der Waals surface area (Å²) in [4.78, 5) is 25.0. The van der Waals surface area contributed by atoms with Gasteiger partial charge in [-0.25, -0.2) is 0 Å². The summed E-state index contributed by atoms with van der Waals surface area (Å²) in [6, 6.07) is 5.35. The summed E-state index contributed by atoms with van der Waals surface area (Å²) in [5.74, 6) is 0.506. The van der Waals surface area contributed by atoms with Crippen LogP contribution in [-0.4, -0.2) is 39.9 Å². The van der Waals surface area contributed by atoms with Gasteiger partial charge in [0.1, 0.15) is 4.32 Å². The molecule has 1 fully saturated rings. The lowest BCUT2D eigenvalue weighted by molar-refractivity contribution is -0.124. The van der Waals surface area contributed by atoms with Crippen LogP contribution in [0.5, 0.6) is 0 Å². The molecule has 0 bridgehead atoms. The Bertz CT molecular complexity index is 625. The van der Waals surface area contributed by atoms with Gasteiger partial charge in [-0.1, -0.05) is 53.2 Å². The lowest BCUT2D eigenvalue weighted by atomic mass is 10.1. The monoisotopic (exact) mass is 404 g/mol. The van der Waals surface area contributed by atoms with Crippen molar-refractivity contribution < 1.29 is 9.59 Å². The molecule has 130 valence electrons. The number of nitrogens with zero attached hydrogens (tertiary/aromatic N) is 1. The quantitative estimate of drug-likeness (QED) is 0.530. The number of benzene rings is 1. The van der Waals surface area contributed by atoms with E-state index in [0.29, 0.717) is 46.0 Å². The summed E-state index contributed by atoms with van der Waals surface area (Å²) in [6.07, 6.45) is 2.60. The van der Waals surface area contributed by atoms with Gasteiger partial charge in [-0.3, -0.25) is 14.5 Å². The van der Waals surface area contributed by atoms with Crippen molar-refractivity contribution in [3.05, 3.63) is 33.8 Å². The van der Waals surface area contributed by atoms with Crippen LogP contribution < -0.4 is 5.32 Å². The van der Waals surface area contributed by atoms with Gasteiger partial charge in [-0.05, 0) is 37.0 Å². The lowest BCUT2D eigenvalue weighted by Gasteiger charge is -2.14. The third-order valence-corrected chi connectivity index (χ3v) is 5.63. The standard InChI is InChI=1S/C16H18Cl2N2O2S2/c17-12-5-4-11(13(18)9-12)6-7-19-14(21)3-1-2-8-20-15(22)10-24-16(20)23/h4-5,9H,1-3,6-8,10H2,(H,19,21). The Morgan fingerprint density at radius 3 is 2.79 bits per heavy atom. The number of nitrogens with one attached hydrogen (secondary N) is 1. The third-order valence-electron chi connectivity index (χ3n) is 3.61. The normalized spacial score (nSPS) is 14.3. The minimum atomic E-state index is 0.00443. The zero-order valence-electron chi connectivity index (χ0n) is 13.0. The summed E-state index contributed by atoms with van der Waals surface area (Å²) in [6.45, 7) is 1.13. The Hall–Kier alpha value is -0.820. The van der Waals surface area contributed by atoms with Crippen LogP contribution in [0.25, 0.3) is 0 Å². The van der Waals surface area contributed by atoms with Crippen molar-refractivity contribution in [3.8, 4) is 0 Å². The second kappa shape index (κ2) is 9.61. The number of thioether (sulfide) groups is 1. The summed E-state index contributed by atoms with van der Waals surface area (Å²) in [5, 5.41) is 4.09. The highest BCUT2D eigenvalue weighted by molar-refractivity contribution is 8.23. The average molecular weight is 405 g/mol. The Kier molecular flexibility index (Phi) is 7.81. The van der Waals surface area contributed by atoms with E-state index in [1.807, 2.05) is 6.07 Å². The molecule has 0 aliphatic carbocycles. The molecule has 4 nitrogen and oxygen atoms in total. The molecule has 1 aliphatic rings.